The van der Waals surface area contributed by atoms with Crippen molar-refractivity contribution < 1.29 is 4.74 Å². The van der Waals surface area contributed by atoms with Gasteiger partial charge < -0.3 is 14.6 Å². The molecule has 0 saturated carbocycles. The molecule has 1 N–H and O–H groups in total. The Morgan fingerprint density at radius 1 is 1.39 bits per heavy atom. The van der Waals surface area contributed by atoms with Crippen molar-refractivity contribution >= 4 is 5.95 Å². The number of nitrogens with zero attached hydrogens (tertiary/aromatic N) is 2. The fourth-order valence-electron chi connectivity index (χ4n) is 1.89. The topological polar surface area (TPSA) is 39.1 Å². The third-order valence-electron chi connectivity index (χ3n) is 2.82. The summed E-state index contributed by atoms with van der Waals surface area (Å²) in [7, 11) is 1.68. The second kappa shape index (κ2) is 5.58. The molecule has 0 radical (unpaired) electrons. The van der Waals surface area contributed by atoms with Gasteiger partial charge in [0.15, 0.2) is 0 Å². The zero-order valence-corrected chi connectivity index (χ0v) is 11.1. The van der Waals surface area contributed by atoms with Gasteiger partial charge in [-0.05, 0) is 31.5 Å². The highest BCUT2D eigenvalue weighted by atomic mass is 16.5. The number of aromatic nitrogens is 2. The van der Waals surface area contributed by atoms with Gasteiger partial charge in [0.1, 0.15) is 5.75 Å². The Morgan fingerprint density at radius 2 is 2.22 bits per heavy atom. The largest absolute Gasteiger partial charge is 0.497 e. The Hall–Kier alpha value is -1.97. The highest BCUT2D eigenvalue weighted by molar-refractivity contribution is 5.34. The number of aryl methyl sites for hydroxylation is 2. The molecule has 0 aliphatic heterocycles. The van der Waals surface area contributed by atoms with E-state index in [2.05, 4.69) is 27.9 Å². The van der Waals surface area contributed by atoms with Crippen LogP contribution in [0.3, 0.4) is 0 Å². The van der Waals surface area contributed by atoms with Crippen LogP contribution in [0.1, 0.15) is 18.2 Å². The van der Waals surface area contributed by atoms with E-state index in [1.165, 1.54) is 5.56 Å². The summed E-state index contributed by atoms with van der Waals surface area (Å²) in [5.41, 5.74) is 2.21. The van der Waals surface area contributed by atoms with Crippen LogP contribution in [-0.2, 0) is 13.1 Å². The summed E-state index contributed by atoms with van der Waals surface area (Å²) >= 11 is 0. The highest BCUT2D eigenvalue weighted by Gasteiger charge is 2.03. The highest BCUT2D eigenvalue weighted by Crippen LogP contribution is 2.14. The second-order valence-corrected chi connectivity index (χ2v) is 4.20. The number of methoxy groups -OCH3 is 1. The Kier molecular flexibility index (Phi) is 3.87. The van der Waals surface area contributed by atoms with Gasteiger partial charge in [-0.3, -0.25) is 0 Å². The van der Waals surface area contributed by atoms with Crippen molar-refractivity contribution in [2.24, 2.45) is 0 Å². The van der Waals surface area contributed by atoms with E-state index < -0.39 is 0 Å². The third kappa shape index (κ3) is 2.83. The maximum absolute atomic E-state index is 5.21. The minimum atomic E-state index is 0.744. The molecule has 2 rings (SSSR count). The maximum atomic E-state index is 5.21. The average molecular weight is 245 g/mol. The third-order valence-corrected chi connectivity index (χ3v) is 2.82. The average Bonchev–Trinajstić information content (AvgIpc) is 2.77. The first-order valence-electron chi connectivity index (χ1n) is 6.13. The summed E-state index contributed by atoms with van der Waals surface area (Å²) in [6, 6.07) is 8.04. The van der Waals surface area contributed by atoms with Crippen LogP contribution in [0.5, 0.6) is 5.75 Å². The van der Waals surface area contributed by atoms with Crippen molar-refractivity contribution in [1.29, 1.82) is 0 Å². The summed E-state index contributed by atoms with van der Waals surface area (Å²) in [6.07, 6.45) is 2.05. The molecule has 0 saturated heterocycles. The first-order valence-corrected chi connectivity index (χ1v) is 6.13. The number of rotatable bonds is 5. The van der Waals surface area contributed by atoms with Gasteiger partial charge >= 0.3 is 0 Å². The molecule has 0 bridgehead atoms. The molecule has 1 aromatic carbocycles. The number of hydrogen-bond acceptors (Lipinski definition) is 3. The van der Waals surface area contributed by atoms with Gasteiger partial charge in [0, 0.05) is 19.3 Å². The predicted octanol–water partition coefficient (Wildman–Crippen LogP) is 2.83. The minimum Gasteiger partial charge on any atom is -0.497 e. The first kappa shape index (κ1) is 12.5. The van der Waals surface area contributed by atoms with Crippen LogP contribution in [0, 0.1) is 6.92 Å². The van der Waals surface area contributed by atoms with E-state index in [0.717, 1.165) is 30.5 Å². The molecular formula is C14H19N3O. The van der Waals surface area contributed by atoms with Gasteiger partial charge in [0.2, 0.25) is 5.95 Å². The van der Waals surface area contributed by atoms with Crippen molar-refractivity contribution in [2.75, 3.05) is 12.4 Å². The molecule has 0 spiro atoms. The smallest absolute Gasteiger partial charge is 0.203 e. The van der Waals surface area contributed by atoms with Crippen LogP contribution in [-0.4, -0.2) is 16.7 Å². The molecule has 0 atom stereocenters. The molecule has 4 heteroatoms. The molecule has 0 amide bonds. The van der Waals surface area contributed by atoms with Crippen LogP contribution in [0.2, 0.25) is 0 Å². The molecule has 0 aliphatic carbocycles. The van der Waals surface area contributed by atoms with E-state index in [9.17, 15) is 0 Å². The van der Waals surface area contributed by atoms with E-state index in [0.29, 0.717) is 0 Å². The lowest BCUT2D eigenvalue weighted by Crippen LogP contribution is -2.06. The van der Waals surface area contributed by atoms with E-state index in [4.69, 9.17) is 4.74 Å². The van der Waals surface area contributed by atoms with Gasteiger partial charge in [-0.15, -0.1) is 0 Å². The lowest BCUT2D eigenvalue weighted by molar-refractivity contribution is 0.414. The zero-order valence-electron chi connectivity index (χ0n) is 11.1. The van der Waals surface area contributed by atoms with Gasteiger partial charge in [-0.1, -0.05) is 12.1 Å². The number of ether oxygens (including phenoxy) is 1. The SMILES string of the molecule is CCn1cc(C)nc1NCc1cccc(OC)c1. The monoisotopic (exact) mass is 245 g/mol. The molecule has 0 fully saturated rings. The number of nitrogens with one attached hydrogen (secondary N) is 1. The molecule has 1 heterocycles. The van der Waals surface area contributed by atoms with E-state index >= 15 is 0 Å². The standard InChI is InChI=1S/C14H19N3O/c1-4-17-10-11(2)16-14(17)15-9-12-6-5-7-13(8-12)18-3/h5-8,10H,4,9H2,1-3H3,(H,15,16). The van der Waals surface area contributed by atoms with Crippen LogP contribution in [0.15, 0.2) is 30.5 Å². The molecular weight excluding hydrogens is 226 g/mol. The zero-order chi connectivity index (χ0) is 13.0. The van der Waals surface area contributed by atoms with Gasteiger partial charge in [-0.2, -0.15) is 0 Å². The lowest BCUT2D eigenvalue weighted by atomic mass is 10.2. The Labute approximate surface area is 108 Å². The number of benzene rings is 1. The molecule has 0 aliphatic rings. The minimum absolute atomic E-state index is 0.744. The predicted molar refractivity (Wildman–Crippen MR) is 73.0 cm³/mol. The van der Waals surface area contributed by atoms with E-state index in [1.807, 2.05) is 31.3 Å². The number of hydrogen-bond donors (Lipinski definition) is 1. The molecule has 1 aromatic heterocycles. The fourth-order valence-corrected chi connectivity index (χ4v) is 1.89. The maximum Gasteiger partial charge on any atom is 0.203 e. The quantitative estimate of drug-likeness (QED) is 0.880. The van der Waals surface area contributed by atoms with E-state index in [-0.39, 0.29) is 0 Å². The fraction of sp³-hybridized carbons (Fsp3) is 0.357. The molecule has 2 aromatic rings. The van der Waals surface area contributed by atoms with Crippen molar-refractivity contribution in [1.82, 2.24) is 9.55 Å². The Balaban J connectivity index is 2.06. The van der Waals surface area contributed by atoms with Gasteiger partial charge in [0.25, 0.3) is 0 Å². The normalized spacial score (nSPS) is 10.4. The first-order chi connectivity index (χ1) is 8.72. The Bertz CT molecular complexity index is 520. The van der Waals surface area contributed by atoms with Crippen molar-refractivity contribution in [3.8, 4) is 5.75 Å². The van der Waals surface area contributed by atoms with Crippen molar-refractivity contribution in [3.63, 3.8) is 0 Å². The van der Waals surface area contributed by atoms with Crippen LogP contribution >= 0.6 is 0 Å². The molecule has 4 nitrogen and oxygen atoms in total. The van der Waals surface area contributed by atoms with Crippen molar-refractivity contribution in [3.05, 3.63) is 41.7 Å². The van der Waals surface area contributed by atoms with Gasteiger partial charge in [0.05, 0.1) is 12.8 Å². The second-order valence-electron chi connectivity index (χ2n) is 4.20. The van der Waals surface area contributed by atoms with Crippen molar-refractivity contribution in [2.45, 2.75) is 26.9 Å². The van der Waals surface area contributed by atoms with E-state index in [1.54, 1.807) is 7.11 Å². The molecule has 18 heavy (non-hydrogen) atoms. The number of imidazole rings is 1. The van der Waals surface area contributed by atoms with Crippen LogP contribution in [0.4, 0.5) is 5.95 Å². The summed E-state index contributed by atoms with van der Waals surface area (Å²) in [5.74, 6) is 1.79. The van der Waals surface area contributed by atoms with Gasteiger partial charge in [-0.25, -0.2) is 4.98 Å². The summed E-state index contributed by atoms with van der Waals surface area (Å²) in [4.78, 5) is 4.46. The summed E-state index contributed by atoms with van der Waals surface area (Å²) in [5, 5.41) is 3.35. The summed E-state index contributed by atoms with van der Waals surface area (Å²) in [6.45, 7) is 5.77. The Morgan fingerprint density at radius 3 is 2.94 bits per heavy atom. The lowest BCUT2D eigenvalue weighted by Gasteiger charge is -2.08. The van der Waals surface area contributed by atoms with Crippen LogP contribution in [0.25, 0.3) is 0 Å². The molecule has 0 unspecified atom stereocenters. The summed E-state index contributed by atoms with van der Waals surface area (Å²) < 4.78 is 7.31. The van der Waals surface area contributed by atoms with Crippen LogP contribution < -0.4 is 10.1 Å². The molecule has 96 valence electrons. The number of anilines is 1.